The molecule has 10 atom stereocenters. The van der Waals surface area contributed by atoms with Crippen LogP contribution < -0.4 is 10.6 Å². The molecule has 1 fully saturated rings. The number of esters is 9. The molecular formula is C77H125N3O24. The molecule has 1 aromatic carbocycles. The summed E-state index contributed by atoms with van der Waals surface area (Å²) in [6, 6.07) is 6.13. The van der Waals surface area contributed by atoms with Crippen molar-refractivity contribution in [3.05, 3.63) is 40.6 Å². The maximum Gasteiger partial charge on any atom is 0.407 e. The third-order valence-corrected chi connectivity index (χ3v) is 17.4. The number of amides is 2. The van der Waals surface area contributed by atoms with E-state index in [4.69, 9.17) is 56.8 Å². The smallest absolute Gasteiger partial charge is 0.407 e. The number of hydrogen-bond donors (Lipinski definition) is 2. The first kappa shape index (κ1) is 92.7. The number of nitrogens with zero attached hydrogens (tertiary/aromatic N) is 1. The highest BCUT2D eigenvalue weighted by atomic mass is 16.8. The molecule has 592 valence electrons. The highest BCUT2D eigenvalue weighted by Gasteiger charge is 2.56. The fraction of sp³-hybridized carbons (Fsp3) is 0.766. The van der Waals surface area contributed by atoms with Gasteiger partial charge in [0.05, 0.1) is 0 Å². The molecule has 27 nitrogen and oxygen atoms in total. The molecule has 27 heteroatoms. The van der Waals surface area contributed by atoms with Crippen LogP contribution in [0.25, 0.3) is 0 Å². The van der Waals surface area contributed by atoms with E-state index in [2.05, 4.69) is 24.5 Å². The van der Waals surface area contributed by atoms with Crippen molar-refractivity contribution in [1.82, 2.24) is 10.6 Å². The number of hydroxylamine groups is 1. The number of hydrogen-bond acceptors (Lipinski definition) is 24. The van der Waals surface area contributed by atoms with Gasteiger partial charge >= 0.3 is 59.8 Å². The number of alkyl carbamates (subject to hydrolysis) is 1. The van der Waals surface area contributed by atoms with Gasteiger partial charge in [0.2, 0.25) is 11.6 Å². The average Bonchev–Trinajstić information content (AvgIpc) is 0.776. The van der Waals surface area contributed by atoms with Gasteiger partial charge in [0.1, 0.15) is 25.4 Å². The van der Waals surface area contributed by atoms with Gasteiger partial charge in [-0.1, -0.05) is 212 Å². The third kappa shape index (κ3) is 42.5. The molecule has 1 heterocycles. The summed E-state index contributed by atoms with van der Waals surface area (Å²) in [6.45, 7) is 11.2. The van der Waals surface area contributed by atoms with E-state index in [1.807, 2.05) is 0 Å². The number of carbonyl (C=O) groups excluding carboxylic acids is 11. The Morgan fingerprint density at radius 1 is 0.481 bits per heavy atom. The lowest BCUT2D eigenvalue weighted by Gasteiger charge is -2.46. The molecule has 4 unspecified atom stereocenters. The van der Waals surface area contributed by atoms with Crippen molar-refractivity contribution in [2.45, 2.75) is 349 Å². The fourth-order valence-corrected chi connectivity index (χ4v) is 11.9. The van der Waals surface area contributed by atoms with Crippen LogP contribution in [-0.2, 0) is 111 Å². The molecule has 2 N–H and O–H groups in total. The molecule has 1 aliphatic heterocycles. The fourth-order valence-electron chi connectivity index (χ4n) is 11.9. The topological polar surface area (TPSA) is 349 Å². The predicted octanol–water partition coefficient (Wildman–Crippen LogP) is 12.6. The molecular weight excluding hydrogens is 1350 g/mol. The molecule has 1 aliphatic rings. The molecule has 1 saturated heterocycles. The van der Waals surface area contributed by atoms with Gasteiger partial charge in [-0.2, -0.15) is 4.74 Å². The van der Waals surface area contributed by atoms with E-state index in [-0.39, 0.29) is 13.0 Å². The summed E-state index contributed by atoms with van der Waals surface area (Å²) >= 11 is 0. The minimum atomic E-state index is -2.25. The quantitative estimate of drug-likeness (QED) is 0.0116. The molecule has 0 bridgehead atoms. The largest absolute Gasteiger partial charge is 0.623 e. The molecule has 0 aliphatic carbocycles. The first-order chi connectivity index (χ1) is 49.7. The van der Waals surface area contributed by atoms with Crippen LogP contribution in [0.1, 0.15) is 293 Å². The van der Waals surface area contributed by atoms with Crippen LogP contribution in [0.2, 0.25) is 0 Å². The average molecular weight is 1480 g/mol. The highest BCUT2D eigenvalue weighted by Crippen LogP contribution is 2.33. The Hall–Kier alpha value is -7.42. The van der Waals surface area contributed by atoms with E-state index in [0.717, 1.165) is 107 Å². The standard InChI is InChI=1S/C77H125N3O24/c1-12-14-16-18-20-22-24-26-28-29-31-33-35-37-39-41-43-67(89)95-53-77(11,54-96-76(91)78-48-42-40-38-36-34-32-30-27-25-23-21-19-17-15-13-2)80(92)50-64-46-44-63(45-47-64)49-79-74(90)72(101-61(9)87)70(99-59(7)85)69(65(97-57(5)83)51-93-55(3)81)104-75-73(102-62(10)88)71(100-60(8)86)68(98-58(6)84)66(103-75)52-94-56(4)82/h44-47,50,65-66,68-73,75H,12-43,48-49,51-54H2,1-11H3,(H,78,91)(H,79,90)/b80-50-/t65?,66?,68-,69+,70+,71-,72?,73?,75-,77-/m0/s1. The van der Waals surface area contributed by atoms with Crippen LogP contribution >= 0.6 is 0 Å². The van der Waals surface area contributed by atoms with Crippen LogP contribution in [0.15, 0.2) is 24.3 Å². The van der Waals surface area contributed by atoms with Crippen LogP contribution in [0, 0.1) is 5.21 Å². The lowest BCUT2D eigenvalue weighted by molar-refractivity contribution is -0.548. The van der Waals surface area contributed by atoms with E-state index in [1.165, 1.54) is 179 Å². The Labute approximate surface area is 616 Å². The van der Waals surface area contributed by atoms with Gasteiger partial charge in [-0.25, -0.2) is 4.79 Å². The normalized spacial score (nSPS) is 17.5. The second kappa shape index (κ2) is 55.1. The van der Waals surface area contributed by atoms with Gasteiger partial charge in [0, 0.05) is 87.4 Å². The SMILES string of the molecule is CCCCCCCCCCCCCCCCCCC(=O)OC[C@@](C)(COC(=O)NCCCCCCCCCCCCCCCCC)/[N+]([O-])=C/c1ccc(CNC(=O)C(OC(C)=O)[C@H](OC(C)=O)[C@H](O[C@@H]2OC(COC(C)=O)[C@H](OC(C)=O)[C@H](OC(C)=O)C2OC(C)=O)C(COC(C)=O)OC(C)=O)cc1. The minimum Gasteiger partial charge on any atom is -0.623 e. The summed E-state index contributed by atoms with van der Waals surface area (Å²) in [5, 5.41) is 19.7. The second-order valence-corrected chi connectivity index (χ2v) is 27.3. The van der Waals surface area contributed by atoms with Crippen molar-refractivity contribution in [3.63, 3.8) is 0 Å². The summed E-state index contributed by atoms with van der Waals surface area (Å²) in [5.74, 6) is -9.81. The zero-order valence-corrected chi connectivity index (χ0v) is 64.2. The van der Waals surface area contributed by atoms with E-state index in [9.17, 15) is 57.9 Å². The molecule has 2 amide bonds. The van der Waals surface area contributed by atoms with Crippen LogP contribution in [0.5, 0.6) is 0 Å². The van der Waals surface area contributed by atoms with Gasteiger partial charge in [-0.15, -0.1) is 0 Å². The molecule has 104 heavy (non-hydrogen) atoms. The zero-order chi connectivity index (χ0) is 77.1. The number of nitrogens with one attached hydrogen (secondary N) is 2. The van der Waals surface area contributed by atoms with Crippen molar-refractivity contribution >= 4 is 71.9 Å². The van der Waals surface area contributed by atoms with Crippen molar-refractivity contribution in [1.29, 1.82) is 0 Å². The van der Waals surface area contributed by atoms with Crippen LogP contribution in [0.3, 0.4) is 0 Å². The summed E-state index contributed by atoms with van der Waals surface area (Å²) < 4.78 is 68.2. The van der Waals surface area contributed by atoms with Gasteiger partial charge in [-0.05, 0) is 30.5 Å². The zero-order valence-electron chi connectivity index (χ0n) is 64.2. The number of ether oxygens (including phenoxy) is 12. The van der Waals surface area contributed by atoms with Crippen molar-refractivity contribution < 1.29 is 114 Å². The first-order valence-electron chi connectivity index (χ1n) is 38.0. The molecule has 1 aromatic rings. The Balaban J connectivity index is 2.41. The van der Waals surface area contributed by atoms with Crippen LogP contribution in [-0.4, -0.2) is 170 Å². The lowest BCUT2D eigenvalue weighted by Crippen LogP contribution is -2.65. The molecule has 0 spiro atoms. The maximum atomic E-state index is 14.6. The third-order valence-electron chi connectivity index (χ3n) is 17.4. The Kier molecular flexibility index (Phi) is 49.1. The molecule has 0 aromatic heterocycles. The van der Waals surface area contributed by atoms with Crippen molar-refractivity contribution in [3.8, 4) is 0 Å². The molecule has 0 saturated carbocycles. The Bertz CT molecular complexity index is 2670. The number of unbranched alkanes of at least 4 members (excludes halogenated alkanes) is 29. The first-order valence-corrected chi connectivity index (χ1v) is 38.0. The van der Waals surface area contributed by atoms with Gasteiger partial charge < -0.3 is 72.7 Å². The Morgan fingerprint density at radius 2 is 0.913 bits per heavy atom. The van der Waals surface area contributed by atoms with Crippen molar-refractivity contribution in [2.75, 3.05) is 33.0 Å². The number of carbonyl (C=O) groups is 11. The highest BCUT2D eigenvalue weighted by molar-refractivity contribution is 5.85. The van der Waals surface area contributed by atoms with Crippen molar-refractivity contribution in [2.24, 2.45) is 0 Å². The number of rotatable bonds is 57. The van der Waals surface area contributed by atoms with Gasteiger partial charge in [-0.3, -0.25) is 47.9 Å². The van der Waals surface area contributed by atoms with E-state index in [1.54, 1.807) is 0 Å². The summed E-state index contributed by atoms with van der Waals surface area (Å²) in [4.78, 5) is 143. The predicted molar refractivity (Wildman–Crippen MR) is 385 cm³/mol. The lowest BCUT2D eigenvalue weighted by atomic mass is 9.97. The summed E-state index contributed by atoms with van der Waals surface area (Å²) in [5.41, 5.74) is -0.887. The van der Waals surface area contributed by atoms with Gasteiger partial charge in [0.15, 0.2) is 56.2 Å². The monoisotopic (exact) mass is 1480 g/mol. The molecule has 0 radical (unpaired) electrons. The maximum absolute atomic E-state index is 14.6. The second-order valence-electron chi connectivity index (χ2n) is 27.3. The summed E-state index contributed by atoms with van der Waals surface area (Å²) in [7, 11) is 0. The number of benzene rings is 1. The van der Waals surface area contributed by atoms with E-state index >= 15 is 0 Å². The van der Waals surface area contributed by atoms with E-state index < -0.39 is 153 Å². The molecule has 2 rings (SSSR count). The van der Waals surface area contributed by atoms with Crippen LogP contribution in [0.4, 0.5) is 4.79 Å². The van der Waals surface area contributed by atoms with E-state index in [0.29, 0.717) is 28.8 Å². The summed E-state index contributed by atoms with van der Waals surface area (Å²) in [6.07, 6.45) is 19.9. The Morgan fingerprint density at radius 3 is 1.37 bits per heavy atom. The van der Waals surface area contributed by atoms with Gasteiger partial charge in [0.25, 0.3) is 5.91 Å². The minimum absolute atomic E-state index is 0.148.